The molecule has 2 amide bonds. The van der Waals surface area contributed by atoms with Crippen LogP contribution in [0.15, 0.2) is 24.3 Å². The zero-order chi connectivity index (χ0) is 19.6. The van der Waals surface area contributed by atoms with Gasteiger partial charge in [-0.15, -0.1) is 0 Å². The third-order valence-corrected chi connectivity index (χ3v) is 4.06. The van der Waals surface area contributed by atoms with E-state index in [1.165, 1.54) is 12.0 Å². The highest BCUT2D eigenvalue weighted by molar-refractivity contribution is 5.99. The van der Waals surface area contributed by atoms with Crippen molar-refractivity contribution in [2.24, 2.45) is 0 Å². The number of carbonyl (C=O) groups is 3. The molecule has 1 aromatic carbocycles. The molecule has 0 aromatic heterocycles. The molecule has 1 unspecified atom stereocenters. The van der Waals surface area contributed by atoms with E-state index in [9.17, 15) is 14.4 Å². The summed E-state index contributed by atoms with van der Waals surface area (Å²) in [4.78, 5) is 38.6. The number of nitrogens with one attached hydrogen (secondary N) is 1. The van der Waals surface area contributed by atoms with E-state index in [0.29, 0.717) is 31.0 Å². The first-order chi connectivity index (χ1) is 13.1. The number of rotatable bonds is 9. The normalized spacial score (nSPS) is 16.6. The van der Waals surface area contributed by atoms with Crippen LogP contribution in [-0.4, -0.2) is 68.7 Å². The molecular weight excluding hydrogens is 352 g/mol. The summed E-state index contributed by atoms with van der Waals surface area (Å²) in [5.41, 5.74) is 0.413. The van der Waals surface area contributed by atoms with Crippen molar-refractivity contribution in [1.29, 1.82) is 0 Å². The molecule has 8 nitrogen and oxygen atoms in total. The van der Waals surface area contributed by atoms with Gasteiger partial charge >= 0.3 is 5.97 Å². The first kappa shape index (κ1) is 20.7. The Bertz CT molecular complexity index is 663. The molecule has 0 aliphatic carbocycles. The molecule has 1 fully saturated rings. The zero-order valence-corrected chi connectivity index (χ0v) is 15.7. The molecule has 2 rings (SSSR count). The Morgan fingerprint density at radius 1 is 1.26 bits per heavy atom. The van der Waals surface area contributed by atoms with Gasteiger partial charge in [-0.25, -0.2) is 0 Å². The van der Waals surface area contributed by atoms with Crippen LogP contribution in [0.5, 0.6) is 5.75 Å². The van der Waals surface area contributed by atoms with Crippen LogP contribution < -0.4 is 10.1 Å². The third kappa shape index (κ3) is 5.96. The summed E-state index contributed by atoms with van der Waals surface area (Å²) in [7, 11) is 1.50. The van der Waals surface area contributed by atoms with Crippen LogP contribution in [0.25, 0.3) is 0 Å². The van der Waals surface area contributed by atoms with E-state index in [1.54, 1.807) is 24.3 Å². The minimum atomic E-state index is -0.901. The lowest BCUT2D eigenvalue weighted by atomic mass is 10.1. The van der Waals surface area contributed by atoms with Crippen LogP contribution >= 0.6 is 0 Å². The fourth-order valence-electron chi connectivity index (χ4n) is 2.72. The third-order valence-electron chi connectivity index (χ3n) is 4.06. The fraction of sp³-hybridized carbons (Fsp3) is 0.526. The van der Waals surface area contributed by atoms with Gasteiger partial charge in [-0.05, 0) is 24.6 Å². The van der Waals surface area contributed by atoms with Crippen molar-refractivity contribution in [2.45, 2.75) is 25.8 Å². The highest BCUT2D eigenvalue weighted by Crippen LogP contribution is 2.19. The molecule has 27 heavy (non-hydrogen) atoms. The maximum absolute atomic E-state index is 12.9. The van der Waals surface area contributed by atoms with E-state index in [0.717, 1.165) is 6.42 Å². The van der Waals surface area contributed by atoms with Crippen LogP contribution in [0.2, 0.25) is 0 Å². The number of carbonyl (C=O) groups excluding carboxylic acids is 3. The standard InChI is InChI=1S/C19H26N2O6/c1-3-9-26-15-6-4-5-14(12-15)19(24)21-8-7-20-18(23)16(21)13-17(22)27-11-10-25-2/h4-6,12,16H,3,7-11,13H2,1-2H3,(H,20,23). The van der Waals surface area contributed by atoms with Crippen molar-refractivity contribution in [3.63, 3.8) is 0 Å². The van der Waals surface area contributed by atoms with Gasteiger partial charge in [0.2, 0.25) is 5.91 Å². The number of ether oxygens (including phenoxy) is 3. The van der Waals surface area contributed by atoms with E-state index in [1.807, 2.05) is 6.92 Å². The fourth-order valence-corrected chi connectivity index (χ4v) is 2.72. The van der Waals surface area contributed by atoms with E-state index in [2.05, 4.69) is 5.32 Å². The predicted octanol–water partition coefficient (Wildman–Crippen LogP) is 0.996. The monoisotopic (exact) mass is 378 g/mol. The molecule has 148 valence electrons. The number of nitrogens with zero attached hydrogens (tertiary/aromatic N) is 1. The molecule has 1 aromatic rings. The van der Waals surface area contributed by atoms with Crippen molar-refractivity contribution in [3.05, 3.63) is 29.8 Å². The van der Waals surface area contributed by atoms with Crippen molar-refractivity contribution in [1.82, 2.24) is 10.2 Å². The van der Waals surface area contributed by atoms with Gasteiger partial charge in [0.1, 0.15) is 18.4 Å². The minimum absolute atomic E-state index is 0.106. The topological polar surface area (TPSA) is 94.2 Å². The van der Waals surface area contributed by atoms with Gasteiger partial charge in [0.25, 0.3) is 5.91 Å². The Kier molecular flexibility index (Phi) is 8.06. The summed E-state index contributed by atoms with van der Waals surface area (Å²) in [6.07, 6.45) is 0.658. The summed E-state index contributed by atoms with van der Waals surface area (Å²) in [6, 6.07) is 5.93. The summed E-state index contributed by atoms with van der Waals surface area (Å²) >= 11 is 0. The lowest BCUT2D eigenvalue weighted by Gasteiger charge is -2.34. The Labute approximate surface area is 158 Å². The first-order valence-electron chi connectivity index (χ1n) is 9.03. The second-order valence-corrected chi connectivity index (χ2v) is 6.10. The molecule has 1 N–H and O–H groups in total. The Morgan fingerprint density at radius 2 is 2.07 bits per heavy atom. The first-order valence-corrected chi connectivity index (χ1v) is 9.03. The Hall–Kier alpha value is -2.61. The highest BCUT2D eigenvalue weighted by atomic mass is 16.6. The van der Waals surface area contributed by atoms with Crippen LogP contribution in [0, 0.1) is 0 Å². The van der Waals surface area contributed by atoms with Crippen LogP contribution in [0.1, 0.15) is 30.1 Å². The molecule has 0 spiro atoms. The number of hydrogen-bond donors (Lipinski definition) is 1. The van der Waals surface area contributed by atoms with E-state index < -0.39 is 12.0 Å². The summed E-state index contributed by atoms with van der Waals surface area (Å²) < 4.78 is 15.4. The van der Waals surface area contributed by atoms with Crippen LogP contribution in [0.3, 0.4) is 0 Å². The smallest absolute Gasteiger partial charge is 0.308 e. The van der Waals surface area contributed by atoms with Gasteiger partial charge < -0.3 is 24.4 Å². The van der Waals surface area contributed by atoms with Gasteiger partial charge in [0.05, 0.1) is 19.6 Å². The number of amides is 2. The number of piperazine rings is 1. The Morgan fingerprint density at radius 3 is 2.81 bits per heavy atom. The van der Waals surface area contributed by atoms with Gasteiger partial charge in [-0.2, -0.15) is 0 Å². The molecule has 8 heteroatoms. The van der Waals surface area contributed by atoms with Crippen molar-refractivity contribution in [3.8, 4) is 5.75 Å². The molecule has 0 bridgehead atoms. The SMILES string of the molecule is CCCOc1cccc(C(=O)N2CCNC(=O)C2CC(=O)OCCOC)c1. The van der Waals surface area contributed by atoms with Crippen LogP contribution in [-0.2, 0) is 19.1 Å². The maximum atomic E-state index is 12.9. The average Bonchev–Trinajstić information content (AvgIpc) is 2.68. The largest absolute Gasteiger partial charge is 0.494 e. The lowest BCUT2D eigenvalue weighted by Crippen LogP contribution is -2.57. The number of benzene rings is 1. The average molecular weight is 378 g/mol. The molecule has 0 radical (unpaired) electrons. The Balaban J connectivity index is 2.09. The van der Waals surface area contributed by atoms with Crippen molar-refractivity contribution >= 4 is 17.8 Å². The molecule has 0 saturated carbocycles. The predicted molar refractivity (Wildman–Crippen MR) is 97.5 cm³/mol. The van der Waals surface area contributed by atoms with Crippen molar-refractivity contribution in [2.75, 3.05) is 40.0 Å². The van der Waals surface area contributed by atoms with Gasteiger partial charge in [0, 0.05) is 25.8 Å². The minimum Gasteiger partial charge on any atom is -0.494 e. The second kappa shape index (κ2) is 10.5. The van der Waals surface area contributed by atoms with E-state index in [4.69, 9.17) is 14.2 Å². The maximum Gasteiger partial charge on any atom is 0.308 e. The molecular formula is C19H26N2O6. The number of methoxy groups -OCH3 is 1. The van der Waals surface area contributed by atoms with Crippen LogP contribution in [0.4, 0.5) is 0 Å². The van der Waals surface area contributed by atoms with E-state index >= 15 is 0 Å². The van der Waals surface area contributed by atoms with E-state index in [-0.39, 0.29) is 31.4 Å². The number of hydrogen-bond acceptors (Lipinski definition) is 6. The van der Waals surface area contributed by atoms with Gasteiger partial charge in [-0.3, -0.25) is 14.4 Å². The van der Waals surface area contributed by atoms with Gasteiger partial charge in [0.15, 0.2) is 0 Å². The molecule has 1 aliphatic rings. The second-order valence-electron chi connectivity index (χ2n) is 6.10. The molecule has 1 heterocycles. The highest BCUT2D eigenvalue weighted by Gasteiger charge is 2.35. The quantitative estimate of drug-likeness (QED) is 0.509. The molecule has 1 atom stereocenters. The molecule has 1 saturated heterocycles. The zero-order valence-electron chi connectivity index (χ0n) is 15.7. The summed E-state index contributed by atoms with van der Waals surface area (Å²) in [5, 5.41) is 2.69. The van der Waals surface area contributed by atoms with Crippen molar-refractivity contribution < 1.29 is 28.6 Å². The van der Waals surface area contributed by atoms with Gasteiger partial charge in [-0.1, -0.05) is 13.0 Å². The summed E-state index contributed by atoms with van der Waals surface area (Å²) in [6.45, 7) is 3.59. The molecule has 1 aliphatic heterocycles. The summed E-state index contributed by atoms with van der Waals surface area (Å²) in [5.74, 6) is -0.634. The number of esters is 1. The lowest BCUT2D eigenvalue weighted by molar-refractivity contribution is -0.148.